The molecule has 0 radical (unpaired) electrons. The van der Waals surface area contributed by atoms with E-state index in [1.165, 1.54) is 0 Å². The minimum absolute atomic E-state index is 0.318. The average Bonchev–Trinajstić information content (AvgIpc) is 2.02. The second-order valence-corrected chi connectivity index (χ2v) is 2.52. The Morgan fingerprint density at radius 3 is 3.30 bits per heavy atom. The molecule has 0 aromatic carbocycles. The van der Waals surface area contributed by atoms with Crippen LogP contribution in [0.5, 0.6) is 5.88 Å². The SMILES string of the molecule is [2H]C([2H])([2H])COc1ccc(Br)cn1. The van der Waals surface area contributed by atoms with Crippen molar-refractivity contribution in [2.45, 2.75) is 6.85 Å². The lowest BCUT2D eigenvalue weighted by Crippen LogP contribution is -1.92. The fraction of sp³-hybridized carbons (Fsp3) is 0.286. The van der Waals surface area contributed by atoms with Crippen molar-refractivity contribution in [1.29, 1.82) is 0 Å². The molecule has 0 aliphatic rings. The molecule has 0 unspecified atom stereocenters. The van der Waals surface area contributed by atoms with Crippen molar-refractivity contribution in [3.05, 3.63) is 22.8 Å². The number of nitrogens with zero attached hydrogens (tertiary/aromatic N) is 1. The van der Waals surface area contributed by atoms with Gasteiger partial charge in [-0.25, -0.2) is 4.98 Å². The highest BCUT2D eigenvalue weighted by Gasteiger charge is 1.90. The molecule has 0 fully saturated rings. The van der Waals surface area contributed by atoms with Crippen LogP contribution in [-0.4, -0.2) is 11.6 Å². The summed E-state index contributed by atoms with van der Waals surface area (Å²) in [5, 5.41) is 0. The molecule has 0 saturated carbocycles. The molecule has 1 rings (SSSR count). The zero-order valence-electron chi connectivity index (χ0n) is 8.17. The maximum atomic E-state index is 6.89. The van der Waals surface area contributed by atoms with Crippen molar-refractivity contribution in [2.24, 2.45) is 0 Å². The number of pyridine rings is 1. The third kappa shape index (κ3) is 1.99. The van der Waals surface area contributed by atoms with Crippen molar-refractivity contribution < 1.29 is 8.85 Å². The lowest BCUT2D eigenvalue weighted by molar-refractivity contribution is 0.327. The first-order valence-corrected chi connectivity index (χ1v) is 3.51. The van der Waals surface area contributed by atoms with Gasteiger partial charge < -0.3 is 4.74 Å². The summed E-state index contributed by atoms with van der Waals surface area (Å²) in [6, 6.07) is 3.34. The van der Waals surface area contributed by atoms with Gasteiger partial charge in [-0.1, -0.05) is 0 Å². The van der Waals surface area contributed by atoms with E-state index in [9.17, 15) is 0 Å². The Bertz CT molecular complexity index is 272. The number of hydrogen-bond acceptors (Lipinski definition) is 2. The highest BCUT2D eigenvalue weighted by atomic mass is 79.9. The summed E-state index contributed by atoms with van der Waals surface area (Å²) in [6.07, 6.45) is 1.55. The summed E-state index contributed by atoms with van der Waals surface area (Å²) in [4.78, 5) is 3.86. The van der Waals surface area contributed by atoms with Gasteiger partial charge in [-0.3, -0.25) is 0 Å². The first-order chi connectivity index (χ1) is 5.97. The highest BCUT2D eigenvalue weighted by molar-refractivity contribution is 9.10. The van der Waals surface area contributed by atoms with Crippen molar-refractivity contribution in [3.63, 3.8) is 0 Å². The van der Waals surface area contributed by atoms with Gasteiger partial charge in [0.2, 0.25) is 5.88 Å². The molecule has 0 atom stereocenters. The number of hydrogen-bond donors (Lipinski definition) is 0. The molecule has 0 N–H and O–H groups in total. The van der Waals surface area contributed by atoms with Crippen LogP contribution in [0.4, 0.5) is 0 Å². The molecule has 54 valence electrons. The smallest absolute Gasteiger partial charge is 0.213 e. The largest absolute Gasteiger partial charge is 0.478 e. The van der Waals surface area contributed by atoms with E-state index in [0.717, 1.165) is 4.47 Å². The van der Waals surface area contributed by atoms with Crippen molar-refractivity contribution in [1.82, 2.24) is 4.98 Å². The van der Waals surface area contributed by atoms with E-state index in [-0.39, 0.29) is 6.61 Å². The lowest BCUT2D eigenvalue weighted by Gasteiger charge is -1.99. The molecular weight excluding hydrogens is 194 g/mol. The maximum absolute atomic E-state index is 6.89. The molecule has 0 amide bonds. The van der Waals surface area contributed by atoms with Crippen LogP contribution < -0.4 is 4.74 Å². The lowest BCUT2D eigenvalue weighted by atomic mass is 10.5. The summed E-state index contributed by atoms with van der Waals surface area (Å²) < 4.78 is 26.4. The summed E-state index contributed by atoms with van der Waals surface area (Å²) >= 11 is 3.21. The minimum Gasteiger partial charge on any atom is -0.478 e. The van der Waals surface area contributed by atoms with Gasteiger partial charge in [0.05, 0.1) is 6.61 Å². The standard InChI is InChI=1S/C7H8BrNO/c1-2-10-7-4-3-6(8)5-9-7/h3-5H,2H2,1H3/i1D3. The molecule has 0 bridgehead atoms. The maximum Gasteiger partial charge on any atom is 0.213 e. The average molecular weight is 205 g/mol. The summed E-state index contributed by atoms with van der Waals surface area (Å²) in [5.74, 6) is 0.319. The molecule has 1 heterocycles. The van der Waals surface area contributed by atoms with E-state index in [4.69, 9.17) is 8.85 Å². The molecule has 10 heavy (non-hydrogen) atoms. The normalized spacial score (nSPS) is 15.1. The molecular formula is C7H8BrNO. The van der Waals surface area contributed by atoms with Crippen LogP contribution in [-0.2, 0) is 0 Å². The Morgan fingerprint density at radius 1 is 1.80 bits per heavy atom. The Hall–Kier alpha value is -0.570. The predicted octanol–water partition coefficient (Wildman–Crippen LogP) is 2.24. The summed E-state index contributed by atoms with van der Waals surface area (Å²) in [7, 11) is 0. The van der Waals surface area contributed by atoms with Gasteiger partial charge in [-0.05, 0) is 28.8 Å². The van der Waals surface area contributed by atoms with Crippen LogP contribution in [0.3, 0.4) is 0 Å². The fourth-order valence-electron chi connectivity index (χ4n) is 0.522. The van der Waals surface area contributed by atoms with Crippen molar-refractivity contribution in [3.8, 4) is 5.88 Å². The van der Waals surface area contributed by atoms with E-state index in [1.54, 1.807) is 18.3 Å². The summed E-state index contributed by atoms with van der Waals surface area (Å²) in [6.45, 7) is -2.39. The molecule has 1 aromatic rings. The zero-order valence-corrected chi connectivity index (χ0v) is 6.76. The first kappa shape index (κ1) is 4.34. The van der Waals surface area contributed by atoms with Gasteiger partial charge in [0.15, 0.2) is 0 Å². The molecule has 0 spiro atoms. The van der Waals surface area contributed by atoms with Gasteiger partial charge in [-0.2, -0.15) is 0 Å². The van der Waals surface area contributed by atoms with Gasteiger partial charge in [0.1, 0.15) is 0 Å². The Morgan fingerprint density at radius 2 is 2.70 bits per heavy atom. The Labute approximate surface area is 72.6 Å². The van der Waals surface area contributed by atoms with Gasteiger partial charge in [0.25, 0.3) is 0 Å². The number of rotatable bonds is 2. The minimum atomic E-state index is -2.07. The van der Waals surface area contributed by atoms with Crippen molar-refractivity contribution >= 4 is 15.9 Å². The Balaban J connectivity index is 2.51. The number of halogens is 1. The highest BCUT2D eigenvalue weighted by Crippen LogP contribution is 2.11. The predicted molar refractivity (Wildman–Crippen MR) is 43.1 cm³/mol. The topological polar surface area (TPSA) is 22.1 Å². The van der Waals surface area contributed by atoms with Crippen LogP contribution >= 0.6 is 15.9 Å². The van der Waals surface area contributed by atoms with Gasteiger partial charge >= 0.3 is 0 Å². The molecule has 3 heteroatoms. The van der Waals surface area contributed by atoms with Crippen LogP contribution in [0, 0.1) is 0 Å². The first-order valence-electron chi connectivity index (χ1n) is 4.22. The van der Waals surface area contributed by atoms with E-state index in [1.807, 2.05) is 0 Å². The van der Waals surface area contributed by atoms with E-state index in [0.29, 0.717) is 5.88 Å². The number of ether oxygens (including phenoxy) is 1. The van der Waals surface area contributed by atoms with Crippen LogP contribution in [0.1, 0.15) is 11.0 Å². The third-order valence-corrected chi connectivity index (χ3v) is 1.39. The molecule has 0 saturated heterocycles. The monoisotopic (exact) mass is 204 g/mol. The van der Waals surface area contributed by atoms with Gasteiger partial charge in [0, 0.05) is 20.8 Å². The fourth-order valence-corrected chi connectivity index (χ4v) is 0.756. The van der Waals surface area contributed by atoms with E-state index in [2.05, 4.69) is 20.9 Å². The molecule has 1 aromatic heterocycles. The van der Waals surface area contributed by atoms with Crippen LogP contribution in [0.15, 0.2) is 22.8 Å². The van der Waals surface area contributed by atoms with E-state index < -0.39 is 6.85 Å². The second kappa shape index (κ2) is 3.56. The van der Waals surface area contributed by atoms with E-state index >= 15 is 0 Å². The molecule has 2 nitrogen and oxygen atoms in total. The van der Waals surface area contributed by atoms with Gasteiger partial charge in [-0.15, -0.1) is 0 Å². The molecule has 0 aliphatic carbocycles. The van der Waals surface area contributed by atoms with Crippen LogP contribution in [0.2, 0.25) is 0 Å². The molecule has 0 aliphatic heterocycles. The second-order valence-electron chi connectivity index (χ2n) is 1.60. The van der Waals surface area contributed by atoms with Crippen LogP contribution in [0.25, 0.3) is 0 Å². The Kier molecular flexibility index (Phi) is 1.55. The zero-order chi connectivity index (χ0) is 9.90. The summed E-state index contributed by atoms with van der Waals surface area (Å²) in [5.41, 5.74) is 0. The third-order valence-electron chi connectivity index (χ3n) is 0.920. The number of aromatic nitrogens is 1. The quantitative estimate of drug-likeness (QED) is 0.738. The van der Waals surface area contributed by atoms with Crippen molar-refractivity contribution in [2.75, 3.05) is 6.61 Å².